The average molecular weight is 520 g/mol. The summed E-state index contributed by atoms with van der Waals surface area (Å²) in [7, 11) is 0. The number of carbonyl (C=O) groups is 1. The van der Waals surface area contributed by atoms with Crippen molar-refractivity contribution in [2.24, 2.45) is 5.10 Å². The fourth-order valence-corrected chi connectivity index (χ4v) is 3.14. The Morgan fingerprint density at radius 2 is 1.62 bits per heavy atom. The quantitative estimate of drug-likeness (QED) is 0.325. The molecular formula is C22H17Br2FN2O2. The van der Waals surface area contributed by atoms with Gasteiger partial charge in [0.1, 0.15) is 18.2 Å². The van der Waals surface area contributed by atoms with E-state index in [2.05, 4.69) is 42.4 Å². The Morgan fingerprint density at radius 3 is 2.34 bits per heavy atom. The summed E-state index contributed by atoms with van der Waals surface area (Å²) >= 11 is 6.84. The van der Waals surface area contributed by atoms with Gasteiger partial charge in [0, 0.05) is 14.5 Å². The normalized spacial score (nSPS) is 10.9. The maximum atomic E-state index is 12.9. The van der Waals surface area contributed by atoms with Crippen molar-refractivity contribution in [3.63, 3.8) is 0 Å². The fourth-order valence-electron chi connectivity index (χ4n) is 2.49. The molecule has 1 amide bonds. The molecule has 3 rings (SSSR count). The Labute approximate surface area is 185 Å². The van der Waals surface area contributed by atoms with Gasteiger partial charge in [-0.25, -0.2) is 9.82 Å². The van der Waals surface area contributed by atoms with Crippen LogP contribution in [0.2, 0.25) is 0 Å². The van der Waals surface area contributed by atoms with E-state index in [1.807, 2.05) is 42.5 Å². The van der Waals surface area contributed by atoms with Gasteiger partial charge in [-0.1, -0.05) is 56.1 Å². The minimum atomic E-state index is -0.336. The SMILES string of the molecule is O=C(Cc1ccc(F)cc1)N/N=C/c1cc(Br)ccc1OCc1ccc(Br)cc1. The van der Waals surface area contributed by atoms with E-state index in [1.54, 1.807) is 12.1 Å². The van der Waals surface area contributed by atoms with Gasteiger partial charge in [0.2, 0.25) is 5.91 Å². The lowest BCUT2D eigenvalue weighted by atomic mass is 10.1. The van der Waals surface area contributed by atoms with Gasteiger partial charge in [-0.05, 0) is 53.6 Å². The summed E-state index contributed by atoms with van der Waals surface area (Å²) in [4.78, 5) is 12.0. The first-order valence-electron chi connectivity index (χ1n) is 8.73. The summed E-state index contributed by atoms with van der Waals surface area (Å²) in [6, 6.07) is 19.2. The van der Waals surface area contributed by atoms with Gasteiger partial charge in [-0.15, -0.1) is 0 Å². The second-order valence-corrected chi connectivity index (χ2v) is 8.03. The first kappa shape index (κ1) is 21.2. The molecule has 0 aromatic heterocycles. The third-order valence-electron chi connectivity index (χ3n) is 3.95. The molecule has 0 saturated carbocycles. The second-order valence-electron chi connectivity index (χ2n) is 6.19. The molecule has 0 atom stereocenters. The Morgan fingerprint density at radius 1 is 0.966 bits per heavy atom. The maximum absolute atomic E-state index is 12.9. The lowest BCUT2D eigenvalue weighted by Crippen LogP contribution is -2.19. The summed E-state index contributed by atoms with van der Waals surface area (Å²) in [5, 5.41) is 4.02. The minimum absolute atomic E-state index is 0.114. The third-order valence-corrected chi connectivity index (χ3v) is 4.97. The van der Waals surface area contributed by atoms with Crippen LogP contribution in [0.5, 0.6) is 5.75 Å². The van der Waals surface area contributed by atoms with Crippen LogP contribution >= 0.6 is 31.9 Å². The number of hydrazone groups is 1. The van der Waals surface area contributed by atoms with E-state index >= 15 is 0 Å². The number of nitrogens with zero attached hydrogens (tertiary/aromatic N) is 1. The highest BCUT2D eigenvalue weighted by molar-refractivity contribution is 9.10. The van der Waals surface area contributed by atoms with Gasteiger partial charge in [-0.2, -0.15) is 5.10 Å². The van der Waals surface area contributed by atoms with Crippen LogP contribution in [0.3, 0.4) is 0 Å². The van der Waals surface area contributed by atoms with E-state index in [0.717, 1.165) is 20.1 Å². The van der Waals surface area contributed by atoms with Crippen LogP contribution in [0.15, 0.2) is 80.8 Å². The Balaban J connectivity index is 1.61. The van der Waals surface area contributed by atoms with Crippen LogP contribution in [0.1, 0.15) is 16.7 Å². The monoisotopic (exact) mass is 518 g/mol. The molecule has 7 heteroatoms. The van der Waals surface area contributed by atoms with E-state index in [4.69, 9.17) is 4.74 Å². The number of carbonyl (C=O) groups excluding carboxylic acids is 1. The molecule has 0 aliphatic heterocycles. The molecule has 1 N–H and O–H groups in total. The number of hydrogen-bond donors (Lipinski definition) is 1. The Bertz CT molecular complexity index is 1010. The van der Waals surface area contributed by atoms with Crippen molar-refractivity contribution in [3.05, 3.63) is 98.2 Å². The highest BCUT2D eigenvalue weighted by Gasteiger charge is 2.05. The van der Waals surface area contributed by atoms with Gasteiger partial charge in [0.05, 0.1) is 12.6 Å². The number of rotatable bonds is 7. The molecule has 3 aromatic rings. The Kier molecular flexibility index (Phi) is 7.55. The molecule has 0 spiro atoms. The molecule has 0 heterocycles. The van der Waals surface area contributed by atoms with E-state index in [9.17, 15) is 9.18 Å². The van der Waals surface area contributed by atoms with E-state index in [1.165, 1.54) is 18.3 Å². The molecule has 0 unspecified atom stereocenters. The average Bonchev–Trinajstić information content (AvgIpc) is 2.70. The number of benzene rings is 3. The fraction of sp³-hybridized carbons (Fsp3) is 0.0909. The van der Waals surface area contributed by atoms with Crippen molar-refractivity contribution in [2.75, 3.05) is 0 Å². The van der Waals surface area contributed by atoms with Gasteiger partial charge >= 0.3 is 0 Å². The molecule has 3 aromatic carbocycles. The summed E-state index contributed by atoms with van der Waals surface area (Å²) < 4.78 is 20.7. The highest BCUT2D eigenvalue weighted by atomic mass is 79.9. The largest absolute Gasteiger partial charge is 0.488 e. The van der Waals surface area contributed by atoms with Crippen LogP contribution < -0.4 is 10.2 Å². The molecular weight excluding hydrogens is 503 g/mol. The summed E-state index contributed by atoms with van der Waals surface area (Å²) in [6.45, 7) is 0.409. The van der Waals surface area contributed by atoms with Gasteiger partial charge in [0.15, 0.2) is 0 Å². The number of halogens is 3. The van der Waals surface area contributed by atoms with Crippen LogP contribution in [-0.4, -0.2) is 12.1 Å². The smallest absolute Gasteiger partial charge is 0.244 e. The molecule has 0 bridgehead atoms. The first-order chi connectivity index (χ1) is 14.0. The molecule has 4 nitrogen and oxygen atoms in total. The molecule has 0 aliphatic rings. The molecule has 0 radical (unpaired) electrons. The second kappa shape index (κ2) is 10.3. The van der Waals surface area contributed by atoms with Crippen molar-refractivity contribution in [1.29, 1.82) is 0 Å². The van der Waals surface area contributed by atoms with Gasteiger partial charge < -0.3 is 4.74 Å². The van der Waals surface area contributed by atoms with Crippen molar-refractivity contribution >= 4 is 44.0 Å². The van der Waals surface area contributed by atoms with E-state index in [0.29, 0.717) is 17.9 Å². The van der Waals surface area contributed by atoms with E-state index < -0.39 is 0 Å². The standard InChI is InChI=1S/C22H17Br2FN2O2/c23-18-5-1-16(2-6-18)14-29-21-10-7-19(24)12-17(21)13-26-27-22(28)11-15-3-8-20(25)9-4-15/h1-10,12-13H,11,14H2,(H,27,28)/b26-13+. The van der Waals surface area contributed by atoms with Crippen molar-refractivity contribution in [3.8, 4) is 5.75 Å². The molecule has 29 heavy (non-hydrogen) atoms. The van der Waals surface area contributed by atoms with Gasteiger partial charge in [0.25, 0.3) is 0 Å². The lowest BCUT2D eigenvalue weighted by Gasteiger charge is -2.10. The maximum Gasteiger partial charge on any atom is 0.244 e. The molecule has 0 saturated heterocycles. The van der Waals surface area contributed by atoms with Crippen LogP contribution in [0, 0.1) is 5.82 Å². The van der Waals surface area contributed by atoms with Crippen molar-refractivity contribution in [2.45, 2.75) is 13.0 Å². The van der Waals surface area contributed by atoms with E-state index in [-0.39, 0.29) is 18.1 Å². The molecule has 148 valence electrons. The van der Waals surface area contributed by atoms with Gasteiger partial charge in [-0.3, -0.25) is 4.79 Å². The molecule has 0 fully saturated rings. The minimum Gasteiger partial charge on any atom is -0.488 e. The topological polar surface area (TPSA) is 50.7 Å². The summed E-state index contributed by atoms with van der Waals surface area (Å²) in [6.07, 6.45) is 1.65. The number of hydrogen-bond acceptors (Lipinski definition) is 3. The van der Waals surface area contributed by atoms with Crippen molar-refractivity contribution < 1.29 is 13.9 Å². The lowest BCUT2D eigenvalue weighted by molar-refractivity contribution is -0.120. The zero-order valence-corrected chi connectivity index (χ0v) is 18.4. The Hall–Kier alpha value is -2.51. The first-order valence-corrected chi connectivity index (χ1v) is 10.3. The summed E-state index contributed by atoms with van der Waals surface area (Å²) in [5.41, 5.74) is 4.94. The number of ether oxygens (including phenoxy) is 1. The third kappa shape index (κ3) is 6.80. The van der Waals surface area contributed by atoms with Crippen LogP contribution in [0.25, 0.3) is 0 Å². The zero-order valence-electron chi connectivity index (χ0n) is 15.2. The van der Waals surface area contributed by atoms with Crippen LogP contribution in [-0.2, 0) is 17.8 Å². The predicted molar refractivity (Wildman–Crippen MR) is 118 cm³/mol. The van der Waals surface area contributed by atoms with Crippen LogP contribution in [0.4, 0.5) is 4.39 Å². The predicted octanol–water partition coefficient (Wildman–Crippen LogP) is 5.62. The number of nitrogens with one attached hydrogen (secondary N) is 1. The number of amides is 1. The van der Waals surface area contributed by atoms with Crippen molar-refractivity contribution in [1.82, 2.24) is 5.43 Å². The zero-order chi connectivity index (χ0) is 20.6. The molecule has 0 aliphatic carbocycles. The summed E-state index contributed by atoms with van der Waals surface area (Å²) in [5.74, 6) is 0.0188. The highest BCUT2D eigenvalue weighted by Crippen LogP contribution is 2.23.